The zero-order chi connectivity index (χ0) is 19.6. The second-order valence-electron chi connectivity index (χ2n) is 6.06. The summed E-state index contributed by atoms with van der Waals surface area (Å²) in [7, 11) is 1.49. The fourth-order valence-corrected chi connectivity index (χ4v) is 3.97. The Kier molecular flexibility index (Phi) is 5.28. The number of carboxylic acids is 1. The van der Waals surface area contributed by atoms with Gasteiger partial charge in [0, 0.05) is 10.4 Å². The van der Waals surface area contributed by atoms with Crippen molar-refractivity contribution < 1.29 is 19.4 Å². The number of aryl methyl sites for hydroxylation is 2. The quantitative estimate of drug-likeness (QED) is 0.653. The van der Waals surface area contributed by atoms with Gasteiger partial charge in [0.2, 0.25) is 0 Å². The Labute approximate surface area is 161 Å². The number of benzene rings is 2. The molecule has 0 fully saturated rings. The molecule has 0 radical (unpaired) electrons. The van der Waals surface area contributed by atoms with Crippen molar-refractivity contribution in [2.24, 2.45) is 0 Å². The molecule has 0 spiro atoms. The van der Waals surface area contributed by atoms with Crippen LogP contribution in [0.4, 0.5) is 5.00 Å². The first-order valence-corrected chi connectivity index (χ1v) is 9.12. The molecule has 1 heterocycles. The molecule has 0 aliphatic rings. The van der Waals surface area contributed by atoms with Gasteiger partial charge in [-0.05, 0) is 31.5 Å². The molecule has 3 aromatic rings. The van der Waals surface area contributed by atoms with Crippen molar-refractivity contribution in [1.29, 1.82) is 0 Å². The van der Waals surface area contributed by atoms with Gasteiger partial charge in [0.1, 0.15) is 16.3 Å². The van der Waals surface area contributed by atoms with Crippen LogP contribution in [0.5, 0.6) is 5.75 Å². The van der Waals surface area contributed by atoms with Crippen LogP contribution < -0.4 is 10.1 Å². The van der Waals surface area contributed by atoms with E-state index in [2.05, 4.69) is 5.32 Å². The van der Waals surface area contributed by atoms with Crippen LogP contribution in [-0.2, 0) is 0 Å². The van der Waals surface area contributed by atoms with Gasteiger partial charge in [-0.1, -0.05) is 42.0 Å². The highest BCUT2D eigenvalue weighted by Gasteiger charge is 2.25. The molecule has 0 saturated carbocycles. The summed E-state index contributed by atoms with van der Waals surface area (Å²) in [4.78, 5) is 25.5. The number of ether oxygens (including phenoxy) is 1. The first kappa shape index (κ1) is 18.7. The van der Waals surface area contributed by atoms with Gasteiger partial charge in [-0.15, -0.1) is 11.3 Å². The molecule has 0 atom stereocenters. The van der Waals surface area contributed by atoms with Gasteiger partial charge < -0.3 is 15.2 Å². The maximum absolute atomic E-state index is 12.7. The number of thiophene rings is 1. The Morgan fingerprint density at radius 2 is 1.70 bits per heavy atom. The van der Waals surface area contributed by atoms with Crippen LogP contribution in [0.15, 0.2) is 48.5 Å². The molecule has 1 aromatic heterocycles. The molecule has 5 nitrogen and oxygen atoms in total. The second kappa shape index (κ2) is 7.63. The van der Waals surface area contributed by atoms with Gasteiger partial charge in [0.05, 0.1) is 12.7 Å². The van der Waals surface area contributed by atoms with Crippen molar-refractivity contribution in [2.75, 3.05) is 12.4 Å². The van der Waals surface area contributed by atoms with E-state index in [9.17, 15) is 14.7 Å². The highest BCUT2D eigenvalue weighted by atomic mass is 32.1. The molecule has 0 aliphatic heterocycles. The molecule has 3 rings (SSSR count). The highest BCUT2D eigenvalue weighted by molar-refractivity contribution is 7.17. The smallest absolute Gasteiger partial charge is 0.339 e. The van der Waals surface area contributed by atoms with Crippen molar-refractivity contribution >= 4 is 28.2 Å². The Hall–Kier alpha value is -3.12. The number of amides is 1. The van der Waals surface area contributed by atoms with Gasteiger partial charge in [0.25, 0.3) is 5.91 Å². The molecule has 0 bridgehead atoms. The van der Waals surface area contributed by atoms with E-state index in [1.54, 1.807) is 24.3 Å². The average molecular weight is 381 g/mol. The fourth-order valence-electron chi connectivity index (χ4n) is 2.91. The number of aromatic carboxylic acids is 1. The van der Waals surface area contributed by atoms with Gasteiger partial charge in [-0.3, -0.25) is 4.79 Å². The molecular formula is C21H19NO4S. The van der Waals surface area contributed by atoms with E-state index >= 15 is 0 Å². The highest BCUT2D eigenvalue weighted by Crippen LogP contribution is 2.40. The van der Waals surface area contributed by atoms with E-state index in [1.165, 1.54) is 18.4 Å². The largest absolute Gasteiger partial charge is 0.496 e. The third-order valence-corrected chi connectivity index (χ3v) is 5.24. The minimum atomic E-state index is -1.08. The Morgan fingerprint density at radius 1 is 1.04 bits per heavy atom. The fraction of sp³-hybridized carbons (Fsp3) is 0.143. The molecule has 27 heavy (non-hydrogen) atoms. The average Bonchev–Trinajstić information content (AvgIpc) is 2.98. The number of nitrogens with one attached hydrogen (secondary N) is 1. The molecule has 6 heteroatoms. The monoisotopic (exact) mass is 381 g/mol. The summed E-state index contributed by atoms with van der Waals surface area (Å²) < 4.78 is 5.22. The van der Waals surface area contributed by atoms with Crippen molar-refractivity contribution in [3.8, 4) is 16.9 Å². The number of carbonyl (C=O) groups is 2. The first-order chi connectivity index (χ1) is 12.9. The lowest BCUT2D eigenvalue weighted by atomic mass is 10.0. The van der Waals surface area contributed by atoms with Crippen LogP contribution in [0.1, 0.15) is 31.2 Å². The lowest BCUT2D eigenvalue weighted by Crippen LogP contribution is -2.14. The van der Waals surface area contributed by atoms with Crippen molar-refractivity contribution in [1.82, 2.24) is 0 Å². The number of hydrogen-bond acceptors (Lipinski definition) is 4. The Bertz CT molecular complexity index is 1010. The van der Waals surface area contributed by atoms with Crippen LogP contribution in [0.2, 0.25) is 0 Å². The number of anilines is 1. The second-order valence-corrected chi connectivity index (χ2v) is 7.29. The minimum absolute atomic E-state index is 0.101. The molecule has 2 N–H and O–H groups in total. The van der Waals surface area contributed by atoms with Gasteiger partial charge in [0.15, 0.2) is 0 Å². The van der Waals surface area contributed by atoms with Crippen molar-refractivity contribution in [3.05, 3.63) is 70.1 Å². The summed E-state index contributed by atoms with van der Waals surface area (Å²) in [6.45, 7) is 3.83. The van der Waals surface area contributed by atoms with Crippen molar-refractivity contribution in [2.45, 2.75) is 13.8 Å². The number of rotatable bonds is 5. The third kappa shape index (κ3) is 3.71. The summed E-state index contributed by atoms with van der Waals surface area (Å²) in [5, 5.41) is 12.8. The molecule has 138 valence electrons. The molecule has 0 aliphatic carbocycles. The van der Waals surface area contributed by atoms with Gasteiger partial charge in [-0.25, -0.2) is 4.79 Å². The standard InChI is InChI=1S/C21H19NO4S/c1-12-8-10-14(11-9-12)17-13(2)27-20(18(17)21(24)25)22-19(23)15-6-4-5-7-16(15)26-3/h4-11H,1-3H3,(H,22,23)(H,24,25). The van der Waals surface area contributed by atoms with Crippen LogP contribution >= 0.6 is 11.3 Å². The van der Waals surface area contributed by atoms with E-state index in [1.807, 2.05) is 38.1 Å². The van der Waals surface area contributed by atoms with E-state index in [0.29, 0.717) is 21.9 Å². The molecule has 0 saturated heterocycles. The summed E-state index contributed by atoms with van der Waals surface area (Å²) in [6.07, 6.45) is 0. The summed E-state index contributed by atoms with van der Waals surface area (Å²) in [5.41, 5.74) is 2.98. The topological polar surface area (TPSA) is 75.6 Å². The summed E-state index contributed by atoms with van der Waals surface area (Å²) in [6, 6.07) is 14.5. The number of para-hydroxylation sites is 1. The van der Waals surface area contributed by atoms with E-state index < -0.39 is 11.9 Å². The third-order valence-electron chi connectivity index (χ3n) is 4.22. The lowest BCUT2D eigenvalue weighted by Gasteiger charge is -2.09. The van der Waals surface area contributed by atoms with Crippen molar-refractivity contribution in [3.63, 3.8) is 0 Å². The number of methoxy groups -OCH3 is 1. The normalized spacial score (nSPS) is 10.5. The minimum Gasteiger partial charge on any atom is -0.496 e. The molecule has 0 unspecified atom stereocenters. The SMILES string of the molecule is COc1ccccc1C(=O)Nc1sc(C)c(-c2ccc(C)cc2)c1C(=O)O. The predicted molar refractivity (Wildman–Crippen MR) is 107 cm³/mol. The van der Waals surface area contributed by atoms with E-state index in [0.717, 1.165) is 16.0 Å². The van der Waals surface area contributed by atoms with Gasteiger partial charge >= 0.3 is 5.97 Å². The predicted octanol–water partition coefficient (Wildman–Crippen LogP) is 4.99. The zero-order valence-electron chi connectivity index (χ0n) is 15.2. The van der Waals surface area contributed by atoms with Gasteiger partial charge in [-0.2, -0.15) is 0 Å². The zero-order valence-corrected chi connectivity index (χ0v) is 16.0. The first-order valence-electron chi connectivity index (χ1n) is 8.30. The van der Waals surface area contributed by atoms with Crippen LogP contribution in [-0.4, -0.2) is 24.1 Å². The molecule has 2 aromatic carbocycles. The van der Waals surface area contributed by atoms with E-state index in [4.69, 9.17) is 4.74 Å². The molecular weight excluding hydrogens is 362 g/mol. The number of hydrogen-bond donors (Lipinski definition) is 2. The number of carboxylic acid groups (broad SMARTS) is 1. The van der Waals surface area contributed by atoms with Crippen LogP contribution in [0.3, 0.4) is 0 Å². The Morgan fingerprint density at radius 3 is 2.33 bits per heavy atom. The molecule has 1 amide bonds. The Balaban J connectivity index is 2.04. The summed E-state index contributed by atoms with van der Waals surface area (Å²) >= 11 is 1.25. The maximum Gasteiger partial charge on any atom is 0.339 e. The van der Waals surface area contributed by atoms with E-state index in [-0.39, 0.29) is 5.56 Å². The van der Waals surface area contributed by atoms with Crippen LogP contribution in [0, 0.1) is 13.8 Å². The maximum atomic E-state index is 12.7. The van der Waals surface area contributed by atoms with Crippen LogP contribution in [0.25, 0.3) is 11.1 Å². The number of carbonyl (C=O) groups excluding carboxylic acids is 1. The lowest BCUT2D eigenvalue weighted by molar-refractivity contribution is 0.0699. The summed E-state index contributed by atoms with van der Waals surface area (Å²) in [5.74, 6) is -1.06.